The molecule has 0 saturated heterocycles. The SMILES string of the molecule is C=CCOc1ccc(/C=C/C(=O)O[C@@H](C)C(=O)c2ccc(F)cc2)cc1OC. The van der Waals surface area contributed by atoms with Gasteiger partial charge in [0.05, 0.1) is 7.11 Å². The molecule has 0 aliphatic rings. The fourth-order valence-corrected chi connectivity index (χ4v) is 2.34. The molecule has 146 valence electrons. The summed E-state index contributed by atoms with van der Waals surface area (Å²) in [7, 11) is 1.51. The van der Waals surface area contributed by atoms with Gasteiger partial charge in [0.2, 0.25) is 5.78 Å². The predicted molar refractivity (Wildman–Crippen MR) is 104 cm³/mol. The third-order valence-electron chi connectivity index (χ3n) is 3.75. The maximum Gasteiger partial charge on any atom is 0.331 e. The number of esters is 1. The van der Waals surface area contributed by atoms with Gasteiger partial charge in [0.25, 0.3) is 0 Å². The van der Waals surface area contributed by atoms with Crippen molar-refractivity contribution in [3.05, 3.63) is 78.1 Å². The summed E-state index contributed by atoms with van der Waals surface area (Å²) < 4.78 is 28.8. The van der Waals surface area contributed by atoms with Crippen LogP contribution in [0.2, 0.25) is 0 Å². The summed E-state index contributed by atoms with van der Waals surface area (Å²) in [5.41, 5.74) is 0.961. The lowest BCUT2D eigenvalue weighted by Gasteiger charge is -2.11. The molecular formula is C22H21FO5. The zero-order chi connectivity index (χ0) is 20.5. The topological polar surface area (TPSA) is 61.8 Å². The molecule has 0 saturated carbocycles. The van der Waals surface area contributed by atoms with Crippen molar-refractivity contribution in [1.82, 2.24) is 0 Å². The van der Waals surface area contributed by atoms with Crippen LogP contribution in [0.15, 0.2) is 61.2 Å². The summed E-state index contributed by atoms with van der Waals surface area (Å²) in [6.07, 6.45) is 3.38. The first-order chi connectivity index (χ1) is 13.4. The summed E-state index contributed by atoms with van der Waals surface area (Å²) in [5.74, 6) is -0.459. The van der Waals surface area contributed by atoms with Crippen LogP contribution in [0.25, 0.3) is 6.08 Å². The molecule has 0 aromatic heterocycles. The summed E-state index contributed by atoms with van der Waals surface area (Å²) in [6.45, 7) is 5.40. The molecule has 2 rings (SSSR count). The normalized spacial score (nSPS) is 11.7. The van der Waals surface area contributed by atoms with Crippen LogP contribution in [0.3, 0.4) is 0 Å². The largest absolute Gasteiger partial charge is 0.493 e. The first-order valence-corrected chi connectivity index (χ1v) is 8.54. The van der Waals surface area contributed by atoms with E-state index in [1.807, 2.05) is 0 Å². The molecule has 0 unspecified atom stereocenters. The van der Waals surface area contributed by atoms with Crippen LogP contribution in [-0.4, -0.2) is 31.6 Å². The number of hydrogen-bond donors (Lipinski definition) is 0. The van der Waals surface area contributed by atoms with Gasteiger partial charge in [0.15, 0.2) is 17.6 Å². The minimum atomic E-state index is -0.994. The molecule has 0 radical (unpaired) electrons. The Kier molecular flexibility index (Phi) is 7.51. The number of rotatable bonds is 9. The number of Topliss-reactive ketones (excluding diaryl/α,β-unsaturated/α-hetero) is 1. The average molecular weight is 384 g/mol. The van der Waals surface area contributed by atoms with Crippen LogP contribution in [0.1, 0.15) is 22.8 Å². The van der Waals surface area contributed by atoms with Crippen molar-refractivity contribution >= 4 is 17.8 Å². The Hall–Kier alpha value is -3.41. The van der Waals surface area contributed by atoms with Crippen molar-refractivity contribution in [2.24, 2.45) is 0 Å². The number of methoxy groups -OCH3 is 1. The van der Waals surface area contributed by atoms with Gasteiger partial charge < -0.3 is 14.2 Å². The number of hydrogen-bond acceptors (Lipinski definition) is 5. The third kappa shape index (κ3) is 5.81. The van der Waals surface area contributed by atoms with Crippen molar-refractivity contribution in [3.63, 3.8) is 0 Å². The molecule has 2 aromatic rings. The number of ketones is 1. The number of halogens is 1. The van der Waals surface area contributed by atoms with Gasteiger partial charge in [-0.1, -0.05) is 18.7 Å². The summed E-state index contributed by atoms with van der Waals surface area (Å²) in [6, 6.07) is 10.2. The minimum absolute atomic E-state index is 0.269. The molecule has 0 fully saturated rings. The first-order valence-electron chi connectivity index (χ1n) is 8.54. The van der Waals surface area contributed by atoms with E-state index in [1.54, 1.807) is 24.3 Å². The molecule has 6 heteroatoms. The Labute approximate surface area is 163 Å². The van der Waals surface area contributed by atoms with Crippen molar-refractivity contribution in [2.45, 2.75) is 13.0 Å². The van der Waals surface area contributed by atoms with E-state index >= 15 is 0 Å². The smallest absolute Gasteiger partial charge is 0.331 e. The van der Waals surface area contributed by atoms with Gasteiger partial charge in [-0.05, 0) is 55.0 Å². The maximum absolute atomic E-state index is 12.9. The lowest BCUT2D eigenvalue weighted by molar-refractivity contribution is -0.140. The molecule has 28 heavy (non-hydrogen) atoms. The lowest BCUT2D eigenvalue weighted by atomic mass is 10.1. The van der Waals surface area contributed by atoms with Crippen LogP contribution in [0.4, 0.5) is 4.39 Å². The minimum Gasteiger partial charge on any atom is -0.493 e. The fourth-order valence-electron chi connectivity index (χ4n) is 2.34. The predicted octanol–water partition coefficient (Wildman–Crippen LogP) is 4.23. The van der Waals surface area contributed by atoms with E-state index < -0.39 is 23.7 Å². The van der Waals surface area contributed by atoms with Gasteiger partial charge >= 0.3 is 5.97 Å². The zero-order valence-electron chi connectivity index (χ0n) is 15.7. The Morgan fingerprint density at radius 3 is 2.50 bits per heavy atom. The highest BCUT2D eigenvalue weighted by Crippen LogP contribution is 2.28. The van der Waals surface area contributed by atoms with E-state index in [0.717, 1.165) is 0 Å². The number of carbonyl (C=O) groups excluding carboxylic acids is 2. The molecular weight excluding hydrogens is 363 g/mol. The van der Waals surface area contributed by atoms with Crippen LogP contribution in [0.5, 0.6) is 11.5 Å². The zero-order valence-corrected chi connectivity index (χ0v) is 15.7. The Morgan fingerprint density at radius 1 is 1.14 bits per heavy atom. The van der Waals surface area contributed by atoms with Crippen molar-refractivity contribution in [2.75, 3.05) is 13.7 Å². The lowest BCUT2D eigenvalue weighted by Crippen LogP contribution is -2.23. The van der Waals surface area contributed by atoms with Crippen molar-refractivity contribution < 1.29 is 28.2 Å². The summed E-state index contributed by atoms with van der Waals surface area (Å²) in [4.78, 5) is 24.2. The standard InChI is InChI=1S/C22H21FO5/c1-4-13-27-19-11-5-16(14-20(19)26-3)6-12-21(24)28-15(2)22(25)17-7-9-18(23)10-8-17/h4-12,14-15H,1,13H2,2-3H3/b12-6+/t15-/m0/s1. The van der Waals surface area contributed by atoms with Gasteiger partial charge in [0.1, 0.15) is 12.4 Å². The molecule has 0 aliphatic heterocycles. The van der Waals surface area contributed by atoms with Crippen LogP contribution >= 0.6 is 0 Å². The molecule has 0 amide bonds. The van der Waals surface area contributed by atoms with E-state index in [9.17, 15) is 14.0 Å². The molecule has 0 bridgehead atoms. The second kappa shape index (κ2) is 10.1. The second-order valence-corrected chi connectivity index (χ2v) is 5.79. The molecule has 0 spiro atoms. The van der Waals surface area contributed by atoms with Gasteiger partial charge in [-0.2, -0.15) is 0 Å². The van der Waals surface area contributed by atoms with Gasteiger partial charge in [-0.25, -0.2) is 9.18 Å². The second-order valence-electron chi connectivity index (χ2n) is 5.79. The van der Waals surface area contributed by atoms with E-state index in [1.165, 1.54) is 50.5 Å². The molecule has 5 nitrogen and oxygen atoms in total. The first kappa shape index (κ1) is 20.9. The molecule has 1 atom stereocenters. The number of benzene rings is 2. The fraction of sp³-hybridized carbons (Fsp3) is 0.182. The van der Waals surface area contributed by atoms with Crippen LogP contribution in [0, 0.1) is 5.82 Å². The number of ether oxygens (including phenoxy) is 3. The summed E-state index contributed by atoms with van der Waals surface area (Å²) >= 11 is 0. The van der Waals surface area contributed by atoms with Crippen molar-refractivity contribution in [1.29, 1.82) is 0 Å². The van der Waals surface area contributed by atoms with E-state index in [4.69, 9.17) is 14.2 Å². The monoisotopic (exact) mass is 384 g/mol. The van der Waals surface area contributed by atoms with E-state index in [-0.39, 0.29) is 5.56 Å². The van der Waals surface area contributed by atoms with Gasteiger partial charge in [0, 0.05) is 11.6 Å². The highest BCUT2D eigenvalue weighted by Gasteiger charge is 2.18. The third-order valence-corrected chi connectivity index (χ3v) is 3.75. The van der Waals surface area contributed by atoms with Crippen molar-refractivity contribution in [3.8, 4) is 11.5 Å². The highest BCUT2D eigenvalue weighted by atomic mass is 19.1. The molecule has 0 N–H and O–H groups in total. The molecule has 2 aromatic carbocycles. The maximum atomic E-state index is 12.9. The number of carbonyl (C=O) groups is 2. The van der Waals surface area contributed by atoms with Crippen LogP contribution < -0.4 is 9.47 Å². The Balaban J connectivity index is 1.99. The van der Waals surface area contributed by atoms with Crippen LogP contribution in [-0.2, 0) is 9.53 Å². The van der Waals surface area contributed by atoms with Gasteiger partial charge in [-0.3, -0.25) is 4.79 Å². The Bertz CT molecular complexity index is 871. The van der Waals surface area contributed by atoms with E-state index in [2.05, 4.69) is 6.58 Å². The quantitative estimate of drug-likeness (QED) is 0.280. The average Bonchev–Trinajstić information content (AvgIpc) is 2.70. The van der Waals surface area contributed by atoms with Gasteiger partial charge in [-0.15, -0.1) is 0 Å². The summed E-state index contributed by atoms with van der Waals surface area (Å²) in [5, 5.41) is 0. The highest BCUT2D eigenvalue weighted by molar-refractivity contribution is 6.01. The molecule has 0 aliphatic carbocycles. The van der Waals surface area contributed by atoms with E-state index in [0.29, 0.717) is 23.7 Å². The Morgan fingerprint density at radius 2 is 1.86 bits per heavy atom. The molecule has 0 heterocycles.